The van der Waals surface area contributed by atoms with Crippen molar-refractivity contribution in [1.82, 2.24) is 15.4 Å². The molecule has 0 aliphatic rings. The second kappa shape index (κ2) is 9.60. The number of amides is 2. The lowest BCUT2D eigenvalue weighted by Gasteiger charge is -2.09. The number of rotatable bonds is 7. The Labute approximate surface area is 182 Å². The minimum absolute atomic E-state index is 0.108. The van der Waals surface area contributed by atoms with Gasteiger partial charge in [-0.15, -0.1) is 0 Å². The van der Waals surface area contributed by atoms with E-state index in [9.17, 15) is 24.5 Å². The number of hydrogen-bond acceptors (Lipinski definition) is 7. The second-order valence-electron chi connectivity index (χ2n) is 6.83. The van der Waals surface area contributed by atoms with Crippen molar-refractivity contribution < 1.29 is 28.5 Å². The number of esters is 1. The molecule has 2 aromatic heterocycles. The molecule has 0 aliphatic carbocycles. The summed E-state index contributed by atoms with van der Waals surface area (Å²) in [6.45, 7) is 3.44. The summed E-state index contributed by atoms with van der Waals surface area (Å²) >= 11 is 0. The van der Waals surface area contributed by atoms with Crippen LogP contribution in [0.4, 0.5) is 5.69 Å². The fraction of sp³-hybridized carbons (Fsp3) is 0.190. The summed E-state index contributed by atoms with van der Waals surface area (Å²) < 4.78 is 12.3. The van der Waals surface area contributed by atoms with E-state index in [0.717, 1.165) is 11.5 Å². The zero-order valence-electron chi connectivity index (χ0n) is 17.3. The number of aromatic nitrogens is 1. The summed E-state index contributed by atoms with van der Waals surface area (Å²) in [5, 5.41) is 10.6. The number of benzene rings is 1. The first-order valence-corrected chi connectivity index (χ1v) is 9.46. The molecule has 1 aromatic carbocycles. The molecule has 0 bridgehead atoms. The van der Waals surface area contributed by atoms with E-state index in [-0.39, 0.29) is 11.3 Å². The third-order valence-electron chi connectivity index (χ3n) is 4.68. The number of nitrogens with one attached hydrogen (secondary N) is 2. The van der Waals surface area contributed by atoms with Crippen molar-refractivity contribution >= 4 is 23.5 Å². The Balaban J connectivity index is 1.51. The van der Waals surface area contributed by atoms with E-state index in [1.54, 1.807) is 25.3 Å². The molecule has 0 aliphatic heterocycles. The zero-order chi connectivity index (χ0) is 23.3. The summed E-state index contributed by atoms with van der Waals surface area (Å²) in [5.74, 6) is -1.38. The van der Waals surface area contributed by atoms with Gasteiger partial charge in [0.15, 0.2) is 6.61 Å². The third kappa shape index (κ3) is 5.19. The highest BCUT2D eigenvalue weighted by atomic mass is 16.6. The van der Waals surface area contributed by atoms with Gasteiger partial charge in [0.25, 0.3) is 17.5 Å². The average molecular weight is 440 g/mol. The van der Waals surface area contributed by atoms with Gasteiger partial charge in [-0.1, -0.05) is 0 Å². The van der Waals surface area contributed by atoms with Gasteiger partial charge in [-0.25, -0.2) is 4.79 Å². The van der Waals surface area contributed by atoms with Crippen molar-refractivity contribution in [3.05, 3.63) is 87.1 Å². The first-order valence-electron chi connectivity index (χ1n) is 9.46. The highest BCUT2D eigenvalue weighted by Gasteiger charge is 2.19. The number of carbonyl (C=O) groups is 3. The molecule has 166 valence electrons. The van der Waals surface area contributed by atoms with Crippen LogP contribution >= 0.6 is 0 Å². The van der Waals surface area contributed by atoms with Crippen LogP contribution in [0.5, 0.6) is 0 Å². The van der Waals surface area contributed by atoms with Crippen LogP contribution in [0.25, 0.3) is 0 Å². The average Bonchev–Trinajstić information content (AvgIpc) is 3.39. The van der Waals surface area contributed by atoms with E-state index in [0.29, 0.717) is 17.8 Å². The number of nitrogens with zero attached hydrogens (tertiary/aromatic N) is 2. The SMILES string of the molecule is Cc1cc(C(=O)OCC(=O)NNC(=O)c2ccc([N+](=O)[O-])cc2)c(C)n1Cc1ccco1. The summed E-state index contributed by atoms with van der Waals surface area (Å²) in [7, 11) is 0. The highest BCUT2D eigenvalue weighted by molar-refractivity contribution is 5.96. The molecule has 3 rings (SSSR count). The molecule has 11 heteroatoms. The molecule has 0 atom stereocenters. The lowest BCUT2D eigenvalue weighted by Crippen LogP contribution is -2.43. The summed E-state index contributed by atoms with van der Waals surface area (Å²) in [4.78, 5) is 46.4. The molecule has 2 N–H and O–H groups in total. The molecule has 2 heterocycles. The third-order valence-corrected chi connectivity index (χ3v) is 4.68. The second-order valence-corrected chi connectivity index (χ2v) is 6.83. The molecule has 0 fully saturated rings. The topological polar surface area (TPSA) is 146 Å². The largest absolute Gasteiger partial charge is 0.467 e. The van der Waals surface area contributed by atoms with Gasteiger partial charge in [-0.3, -0.25) is 30.6 Å². The van der Waals surface area contributed by atoms with Crippen molar-refractivity contribution in [2.75, 3.05) is 6.61 Å². The van der Waals surface area contributed by atoms with E-state index in [1.807, 2.05) is 17.6 Å². The van der Waals surface area contributed by atoms with E-state index in [2.05, 4.69) is 10.9 Å². The predicted octanol–water partition coefficient (Wildman–Crippen LogP) is 2.27. The van der Waals surface area contributed by atoms with Crippen LogP contribution < -0.4 is 10.9 Å². The number of nitro groups is 1. The number of furan rings is 1. The van der Waals surface area contributed by atoms with Crippen LogP contribution in [-0.2, 0) is 16.1 Å². The van der Waals surface area contributed by atoms with E-state index >= 15 is 0 Å². The Morgan fingerprint density at radius 3 is 2.47 bits per heavy atom. The van der Waals surface area contributed by atoms with Crippen molar-refractivity contribution in [3.63, 3.8) is 0 Å². The van der Waals surface area contributed by atoms with Crippen LogP contribution in [0, 0.1) is 24.0 Å². The Kier molecular flexibility index (Phi) is 6.68. The van der Waals surface area contributed by atoms with Crippen LogP contribution in [0.3, 0.4) is 0 Å². The minimum Gasteiger partial charge on any atom is -0.467 e. The van der Waals surface area contributed by atoms with Crippen LogP contribution in [0.1, 0.15) is 37.9 Å². The van der Waals surface area contributed by atoms with Gasteiger partial charge >= 0.3 is 5.97 Å². The van der Waals surface area contributed by atoms with E-state index in [1.165, 1.54) is 24.3 Å². The van der Waals surface area contributed by atoms with Gasteiger partial charge in [0.1, 0.15) is 5.76 Å². The van der Waals surface area contributed by atoms with Crippen LogP contribution in [0.15, 0.2) is 53.1 Å². The van der Waals surface area contributed by atoms with Gasteiger partial charge in [0, 0.05) is 29.1 Å². The fourth-order valence-electron chi connectivity index (χ4n) is 2.99. The Morgan fingerprint density at radius 1 is 1.12 bits per heavy atom. The first-order chi connectivity index (χ1) is 15.3. The Morgan fingerprint density at radius 2 is 1.84 bits per heavy atom. The maximum atomic E-state index is 12.4. The number of non-ortho nitro benzene ring substituents is 1. The number of carbonyl (C=O) groups excluding carboxylic acids is 3. The van der Waals surface area contributed by atoms with Crippen molar-refractivity contribution in [2.24, 2.45) is 0 Å². The van der Waals surface area contributed by atoms with Gasteiger partial charge < -0.3 is 13.7 Å². The highest BCUT2D eigenvalue weighted by Crippen LogP contribution is 2.18. The Bertz CT molecular complexity index is 1150. The lowest BCUT2D eigenvalue weighted by atomic mass is 10.2. The predicted molar refractivity (Wildman–Crippen MR) is 111 cm³/mol. The molecule has 0 radical (unpaired) electrons. The number of nitro benzene ring substituents is 1. The maximum Gasteiger partial charge on any atom is 0.340 e. The van der Waals surface area contributed by atoms with E-state index < -0.39 is 29.3 Å². The molecule has 11 nitrogen and oxygen atoms in total. The molecule has 3 aromatic rings. The summed E-state index contributed by atoms with van der Waals surface area (Å²) in [6.07, 6.45) is 1.57. The van der Waals surface area contributed by atoms with Crippen molar-refractivity contribution in [1.29, 1.82) is 0 Å². The molecule has 0 saturated heterocycles. The summed E-state index contributed by atoms with van der Waals surface area (Å²) in [6, 6.07) is 10.1. The van der Waals surface area contributed by atoms with E-state index in [4.69, 9.17) is 9.15 Å². The molecular formula is C21H20N4O7. The molecule has 2 amide bonds. The smallest absolute Gasteiger partial charge is 0.340 e. The number of hydrazine groups is 1. The van der Waals surface area contributed by atoms with Crippen molar-refractivity contribution in [2.45, 2.75) is 20.4 Å². The number of ether oxygens (including phenoxy) is 1. The van der Waals surface area contributed by atoms with Gasteiger partial charge in [0.05, 0.1) is 23.3 Å². The quantitative estimate of drug-likeness (QED) is 0.325. The monoisotopic (exact) mass is 440 g/mol. The number of hydrogen-bond donors (Lipinski definition) is 2. The lowest BCUT2D eigenvalue weighted by molar-refractivity contribution is -0.384. The van der Waals surface area contributed by atoms with Gasteiger partial charge in [-0.2, -0.15) is 0 Å². The maximum absolute atomic E-state index is 12.4. The standard InChI is InChI=1S/C21H20N4O7/c1-13-10-18(14(2)24(13)11-17-4-3-9-31-17)21(28)32-12-19(26)22-23-20(27)15-5-7-16(8-6-15)25(29)30/h3-10H,11-12H2,1-2H3,(H,22,26)(H,23,27). The summed E-state index contributed by atoms with van der Waals surface area (Å²) in [5.41, 5.74) is 6.01. The molecule has 0 saturated carbocycles. The fourth-order valence-corrected chi connectivity index (χ4v) is 2.99. The Hall–Kier alpha value is -4.41. The zero-order valence-corrected chi connectivity index (χ0v) is 17.3. The molecule has 0 spiro atoms. The molecule has 32 heavy (non-hydrogen) atoms. The first kappa shape index (κ1) is 22.3. The van der Waals surface area contributed by atoms with Crippen LogP contribution in [0.2, 0.25) is 0 Å². The number of aryl methyl sites for hydroxylation is 1. The van der Waals surface area contributed by atoms with Crippen molar-refractivity contribution in [3.8, 4) is 0 Å². The van der Waals surface area contributed by atoms with Gasteiger partial charge in [0.2, 0.25) is 0 Å². The van der Waals surface area contributed by atoms with Gasteiger partial charge in [-0.05, 0) is 44.2 Å². The molecule has 0 unspecified atom stereocenters. The normalized spacial score (nSPS) is 10.4. The van der Waals surface area contributed by atoms with Crippen LogP contribution in [-0.4, -0.2) is 33.9 Å². The minimum atomic E-state index is -0.752. The molecular weight excluding hydrogens is 420 g/mol.